The molecule has 5 heteroatoms. The Kier molecular flexibility index (Phi) is 5.60. The van der Waals surface area contributed by atoms with Crippen LogP contribution in [0.15, 0.2) is 0 Å². The van der Waals surface area contributed by atoms with Gasteiger partial charge in [0.25, 0.3) is 0 Å². The highest BCUT2D eigenvalue weighted by Crippen LogP contribution is 2.27. The lowest BCUT2D eigenvalue weighted by Crippen LogP contribution is -2.44. The molecule has 1 fully saturated rings. The molecule has 1 aliphatic carbocycles. The van der Waals surface area contributed by atoms with Gasteiger partial charge in [0.15, 0.2) is 0 Å². The Balaban J connectivity index is 2.03. The molecule has 0 aromatic heterocycles. The van der Waals surface area contributed by atoms with Gasteiger partial charge in [0.2, 0.25) is 5.91 Å². The SMILES string of the molecule is COCC(CO)NC(=O)CNCC1CC1. The molecule has 0 radical (unpaired) electrons. The highest BCUT2D eigenvalue weighted by molar-refractivity contribution is 5.78. The Labute approximate surface area is 90.2 Å². The third-order valence-electron chi connectivity index (χ3n) is 2.37. The standard InChI is InChI=1S/C10H20N2O3/c1-15-7-9(6-13)12-10(14)5-11-4-8-2-3-8/h8-9,11,13H,2-7H2,1H3,(H,12,14). The molecular weight excluding hydrogens is 196 g/mol. The Morgan fingerprint density at radius 2 is 2.33 bits per heavy atom. The van der Waals surface area contributed by atoms with Crippen LogP contribution < -0.4 is 10.6 Å². The molecule has 1 saturated carbocycles. The Bertz CT molecular complexity index is 195. The number of ether oxygens (including phenoxy) is 1. The van der Waals surface area contributed by atoms with Gasteiger partial charge in [-0.3, -0.25) is 4.79 Å². The first-order valence-corrected chi connectivity index (χ1v) is 5.36. The number of hydrogen-bond acceptors (Lipinski definition) is 4. The Hall–Kier alpha value is -0.650. The van der Waals surface area contributed by atoms with Gasteiger partial charge in [-0.2, -0.15) is 0 Å². The summed E-state index contributed by atoms with van der Waals surface area (Å²) in [6, 6.07) is -0.301. The minimum absolute atomic E-state index is 0.0910. The molecule has 0 aromatic rings. The van der Waals surface area contributed by atoms with Crippen molar-refractivity contribution in [2.75, 3.05) is 33.4 Å². The number of aliphatic hydroxyl groups excluding tert-OH is 1. The van der Waals surface area contributed by atoms with Gasteiger partial charge in [0.05, 0.1) is 25.8 Å². The summed E-state index contributed by atoms with van der Waals surface area (Å²) in [4.78, 5) is 11.3. The molecule has 0 heterocycles. The molecule has 5 nitrogen and oxygen atoms in total. The smallest absolute Gasteiger partial charge is 0.234 e. The lowest BCUT2D eigenvalue weighted by atomic mass is 10.3. The number of nitrogens with one attached hydrogen (secondary N) is 2. The highest BCUT2D eigenvalue weighted by atomic mass is 16.5. The van der Waals surface area contributed by atoms with Crippen LogP contribution in [0.4, 0.5) is 0 Å². The van der Waals surface area contributed by atoms with Crippen molar-refractivity contribution in [2.24, 2.45) is 5.92 Å². The van der Waals surface area contributed by atoms with Crippen molar-refractivity contribution in [3.8, 4) is 0 Å². The molecule has 15 heavy (non-hydrogen) atoms. The van der Waals surface area contributed by atoms with Crippen LogP contribution in [0.3, 0.4) is 0 Å². The Morgan fingerprint density at radius 3 is 2.87 bits per heavy atom. The summed E-state index contributed by atoms with van der Waals surface area (Å²) < 4.78 is 4.85. The summed E-state index contributed by atoms with van der Waals surface area (Å²) >= 11 is 0. The highest BCUT2D eigenvalue weighted by Gasteiger charge is 2.20. The molecule has 0 bridgehead atoms. The van der Waals surface area contributed by atoms with E-state index < -0.39 is 0 Å². The van der Waals surface area contributed by atoms with E-state index in [0.717, 1.165) is 12.5 Å². The summed E-state index contributed by atoms with van der Waals surface area (Å²) in [5.74, 6) is 0.678. The predicted molar refractivity (Wildman–Crippen MR) is 56.5 cm³/mol. The van der Waals surface area contributed by atoms with Crippen molar-refractivity contribution in [3.05, 3.63) is 0 Å². The van der Waals surface area contributed by atoms with E-state index in [4.69, 9.17) is 9.84 Å². The first kappa shape index (κ1) is 12.4. The van der Waals surface area contributed by atoms with Crippen LogP contribution in [0.2, 0.25) is 0 Å². The van der Waals surface area contributed by atoms with Crippen molar-refractivity contribution in [2.45, 2.75) is 18.9 Å². The number of rotatable bonds is 8. The normalized spacial score (nSPS) is 17.5. The fourth-order valence-electron chi connectivity index (χ4n) is 1.33. The van der Waals surface area contributed by atoms with E-state index in [2.05, 4.69) is 10.6 Å². The largest absolute Gasteiger partial charge is 0.394 e. The summed E-state index contributed by atoms with van der Waals surface area (Å²) in [7, 11) is 1.54. The van der Waals surface area contributed by atoms with E-state index >= 15 is 0 Å². The fraction of sp³-hybridized carbons (Fsp3) is 0.900. The molecule has 0 aliphatic heterocycles. The van der Waals surface area contributed by atoms with Crippen molar-refractivity contribution < 1.29 is 14.6 Å². The minimum Gasteiger partial charge on any atom is -0.394 e. The molecule has 0 saturated heterocycles. The maximum Gasteiger partial charge on any atom is 0.234 e. The predicted octanol–water partition coefficient (Wildman–Crippen LogP) is -0.890. The second kappa shape index (κ2) is 6.76. The van der Waals surface area contributed by atoms with E-state index in [1.54, 1.807) is 7.11 Å². The van der Waals surface area contributed by atoms with Crippen LogP contribution in [-0.2, 0) is 9.53 Å². The number of amides is 1. The van der Waals surface area contributed by atoms with Crippen molar-refractivity contribution in [1.82, 2.24) is 10.6 Å². The van der Waals surface area contributed by atoms with Crippen LogP contribution >= 0.6 is 0 Å². The van der Waals surface area contributed by atoms with Crippen molar-refractivity contribution in [3.63, 3.8) is 0 Å². The van der Waals surface area contributed by atoms with Gasteiger partial charge in [0, 0.05) is 7.11 Å². The zero-order valence-corrected chi connectivity index (χ0v) is 9.16. The van der Waals surface area contributed by atoms with E-state index in [9.17, 15) is 4.79 Å². The topological polar surface area (TPSA) is 70.6 Å². The molecule has 0 spiro atoms. The second-order valence-corrected chi connectivity index (χ2v) is 3.98. The first-order valence-electron chi connectivity index (χ1n) is 5.36. The summed E-state index contributed by atoms with van der Waals surface area (Å²) in [5.41, 5.74) is 0. The number of aliphatic hydroxyl groups is 1. The number of methoxy groups -OCH3 is 1. The quantitative estimate of drug-likeness (QED) is 0.492. The summed E-state index contributed by atoms with van der Waals surface area (Å²) in [6.07, 6.45) is 2.55. The van der Waals surface area contributed by atoms with Crippen LogP contribution in [0.5, 0.6) is 0 Å². The summed E-state index contributed by atoms with van der Waals surface area (Å²) in [5, 5.41) is 14.7. The van der Waals surface area contributed by atoms with E-state index in [-0.39, 0.29) is 18.6 Å². The number of hydrogen-bond donors (Lipinski definition) is 3. The molecular formula is C10H20N2O3. The van der Waals surface area contributed by atoms with Gasteiger partial charge in [-0.1, -0.05) is 0 Å². The van der Waals surface area contributed by atoms with Gasteiger partial charge in [0.1, 0.15) is 0 Å². The first-order chi connectivity index (χ1) is 7.26. The van der Waals surface area contributed by atoms with Gasteiger partial charge in [-0.15, -0.1) is 0 Å². The molecule has 1 aliphatic rings. The molecule has 1 atom stereocenters. The number of carbonyl (C=O) groups excluding carboxylic acids is 1. The van der Waals surface area contributed by atoms with Gasteiger partial charge < -0.3 is 20.5 Å². The molecule has 1 unspecified atom stereocenters. The van der Waals surface area contributed by atoms with Gasteiger partial charge >= 0.3 is 0 Å². The van der Waals surface area contributed by atoms with Crippen LogP contribution in [0.1, 0.15) is 12.8 Å². The maximum absolute atomic E-state index is 11.3. The van der Waals surface area contributed by atoms with E-state index in [1.165, 1.54) is 12.8 Å². The lowest BCUT2D eigenvalue weighted by molar-refractivity contribution is -0.121. The second-order valence-electron chi connectivity index (χ2n) is 3.98. The number of carbonyl (C=O) groups is 1. The zero-order valence-electron chi connectivity index (χ0n) is 9.16. The fourth-order valence-corrected chi connectivity index (χ4v) is 1.33. The monoisotopic (exact) mass is 216 g/mol. The van der Waals surface area contributed by atoms with E-state index in [0.29, 0.717) is 13.2 Å². The average Bonchev–Trinajstić information content (AvgIpc) is 3.01. The van der Waals surface area contributed by atoms with E-state index in [1.807, 2.05) is 0 Å². The molecule has 88 valence electrons. The van der Waals surface area contributed by atoms with Crippen LogP contribution in [0, 0.1) is 5.92 Å². The molecule has 1 amide bonds. The van der Waals surface area contributed by atoms with Crippen LogP contribution in [-0.4, -0.2) is 50.5 Å². The molecule has 1 rings (SSSR count). The average molecular weight is 216 g/mol. The van der Waals surface area contributed by atoms with Crippen molar-refractivity contribution >= 4 is 5.91 Å². The lowest BCUT2D eigenvalue weighted by Gasteiger charge is -2.15. The molecule has 0 aromatic carbocycles. The van der Waals surface area contributed by atoms with Gasteiger partial charge in [-0.05, 0) is 25.3 Å². The molecule has 3 N–H and O–H groups in total. The third kappa shape index (κ3) is 5.71. The Morgan fingerprint density at radius 1 is 1.60 bits per heavy atom. The minimum atomic E-state index is -0.301. The van der Waals surface area contributed by atoms with Crippen molar-refractivity contribution in [1.29, 1.82) is 0 Å². The maximum atomic E-state index is 11.3. The van der Waals surface area contributed by atoms with Gasteiger partial charge in [-0.25, -0.2) is 0 Å². The van der Waals surface area contributed by atoms with Crippen LogP contribution in [0.25, 0.3) is 0 Å². The third-order valence-corrected chi connectivity index (χ3v) is 2.37. The summed E-state index contributed by atoms with van der Waals surface area (Å²) in [6.45, 7) is 1.48. The zero-order chi connectivity index (χ0) is 11.1.